The fourth-order valence-electron chi connectivity index (χ4n) is 1.70. The van der Waals surface area contributed by atoms with Crippen LogP contribution in [0.4, 0.5) is 0 Å². The fourth-order valence-corrected chi connectivity index (χ4v) is 2.16. The van der Waals surface area contributed by atoms with E-state index in [1.807, 2.05) is 0 Å². The van der Waals surface area contributed by atoms with Gasteiger partial charge in [-0.05, 0) is 51.8 Å². The van der Waals surface area contributed by atoms with Gasteiger partial charge in [-0.15, -0.1) is 0 Å². The van der Waals surface area contributed by atoms with E-state index in [9.17, 15) is 15.0 Å². The number of halogens is 1. The summed E-state index contributed by atoms with van der Waals surface area (Å²) < 4.78 is 5.47. The summed E-state index contributed by atoms with van der Waals surface area (Å²) in [5.41, 5.74) is 3.26. The molecular formula is C15H13BrN2O4. The number of nitrogens with one attached hydrogen (secondary N) is 1. The molecule has 1 amide bonds. The minimum Gasteiger partial charge on any atom is -0.508 e. The van der Waals surface area contributed by atoms with Crippen molar-refractivity contribution in [3.63, 3.8) is 0 Å². The van der Waals surface area contributed by atoms with Crippen molar-refractivity contribution in [3.8, 4) is 17.2 Å². The van der Waals surface area contributed by atoms with E-state index in [1.165, 1.54) is 25.5 Å². The van der Waals surface area contributed by atoms with Crippen LogP contribution in [0.25, 0.3) is 0 Å². The predicted octanol–water partition coefficient (Wildman–Crippen LogP) is 2.63. The number of aromatic hydroxyl groups is 2. The third-order valence-corrected chi connectivity index (χ3v) is 3.36. The second kappa shape index (κ2) is 6.95. The molecule has 2 aromatic carbocycles. The van der Waals surface area contributed by atoms with Gasteiger partial charge in [-0.3, -0.25) is 4.79 Å². The van der Waals surface area contributed by atoms with E-state index >= 15 is 0 Å². The molecule has 3 N–H and O–H groups in total. The lowest BCUT2D eigenvalue weighted by atomic mass is 10.2. The van der Waals surface area contributed by atoms with Gasteiger partial charge in [-0.1, -0.05) is 6.07 Å². The SMILES string of the molecule is COc1cc(C=NNC(=O)c2cccc(O)c2)cc(Br)c1O. The molecule has 0 aliphatic rings. The van der Waals surface area contributed by atoms with E-state index in [2.05, 4.69) is 26.5 Å². The Morgan fingerprint density at radius 2 is 2.09 bits per heavy atom. The van der Waals surface area contributed by atoms with Gasteiger partial charge in [0.1, 0.15) is 5.75 Å². The van der Waals surface area contributed by atoms with Crippen LogP contribution in [-0.2, 0) is 0 Å². The Kier molecular flexibility index (Phi) is 5.00. The number of phenols is 2. The van der Waals surface area contributed by atoms with Gasteiger partial charge in [-0.25, -0.2) is 5.43 Å². The lowest BCUT2D eigenvalue weighted by Gasteiger charge is -2.06. The lowest BCUT2D eigenvalue weighted by molar-refractivity contribution is 0.0954. The maximum Gasteiger partial charge on any atom is 0.271 e. The molecule has 0 aliphatic carbocycles. The molecule has 6 nitrogen and oxygen atoms in total. The molecule has 0 bridgehead atoms. The van der Waals surface area contributed by atoms with Gasteiger partial charge in [0.05, 0.1) is 17.8 Å². The first-order chi connectivity index (χ1) is 10.5. The molecule has 2 rings (SSSR count). The van der Waals surface area contributed by atoms with Crippen LogP contribution in [0, 0.1) is 0 Å². The number of carbonyl (C=O) groups excluding carboxylic acids is 1. The summed E-state index contributed by atoms with van der Waals surface area (Å²) in [7, 11) is 1.44. The topological polar surface area (TPSA) is 91.2 Å². The molecule has 7 heteroatoms. The lowest BCUT2D eigenvalue weighted by Crippen LogP contribution is -2.17. The van der Waals surface area contributed by atoms with Crippen molar-refractivity contribution >= 4 is 28.1 Å². The number of hydrogen-bond acceptors (Lipinski definition) is 5. The number of amides is 1. The summed E-state index contributed by atoms with van der Waals surface area (Å²) in [6.07, 6.45) is 1.41. The highest BCUT2D eigenvalue weighted by molar-refractivity contribution is 9.10. The first-order valence-electron chi connectivity index (χ1n) is 6.20. The van der Waals surface area contributed by atoms with Crippen LogP contribution < -0.4 is 10.2 Å². The minimum atomic E-state index is -0.447. The van der Waals surface area contributed by atoms with Gasteiger partial charge in [0.25, 0.3) is 5.91 Å². The number of nitrogens with zero attached hydrogens (tertiary/aromatic N) is 1. The number of carbonyl (C=O) groups is 1. The highest BCUT2D eigenvalue weighted by Crippen LogP contribution is 2.34. The van der Waals surface area contributed by atoms with E-state index in [4.69, 9.17) is 4.74 Å². The van der Waals surface area contributed by atoms with Gasteiger partial charge < -0.3 is 14.9 Å². The number of hydrogen-bond donors (Lipinski definition) is 3. The number of methoxy groups -OCH3 is 1. The van der Waals surface area contributed by atoms with Gasteiger partial charge >= 0.3 is 0 Å². The van der Waals surface area contributed by atoms with Crippen molar-refractivity contribution in [2.75, 3.05) is 7.11 Å². The molecule has 0 saturated carbocycles. The Bertz CT molecular complexity index is 731. The van der Waals surface area contributed by atoms with E-state index in [-0.39, 0.29) is 17.2 Å². The van der Waals surface area contributed by atoms with Crippen LogP contribution in [0.5, 0.6) is 17.2 Å². The molecule has 0 radical (unpaired) electrons. The maximum absolute atomic E-state index is 11.8. The standard InChI is InChI=1S/C15H13BrN2O4/c1-22-13-6-9(5-12(16)14(13)20)8-17-18-15(21)10-3-2-4-11(19)7-10/h2-8,19-20H,1H3,(H,18,21). The van der Waals surface area contributed by atoms with Gasteiger partial charge in [0.2, 0.25) is 0 Å². The summed E-state index contributed by atoms with van der Waals surface area (Å²) in [5, 5.41) is 22.8. The average Bonchev–Trinajstić information content (AvgIpc) is 2.50. The first kappa shape index (κ1) is 15.8. The van der Waals surface area contributed by atoms with Crippen molar-refractivity contribution in [2.45, 2.75) is 0 Å². The van der Waals surface area contributed by atoms with Gasteiger partial charge in [0, 0.05) is 5.56 Å². The molecule has 0 atom stereocenters. The maximum atomic E-state index is 11.8. The number of phenolic OH excluding ortho intramolecular Hbond substituents is 2. The van der Waals surface area contributed by atoms with Crippen molar-refractivity contribution in [2.24, 2.45) is 5.10 Å². The predicted molar refractivity (Wildman–Crippen MR) is 85.5 cm³/mol. The Morgan fingerprint density at radius 3 is 2.77 bits per heavy atom. The van der Waals surface area contributed by atoms with Crippen LogP contribution in [0.15, 0.2) is 46.0 Å². The zero-order valence-electron chi connectivity index (χ0n) is 11.6. The molecule has 0 heterocycles. The van der Waals surface area contributed by atoms with E-state index in [1.54, 1.807) is 24.3 Å². The Labute approximate surface area is 135 Å². The zero-order chi connectivity index (χ0) is 16.1. The molecule has 0 unspecified atom stereocenters. The van der Waals surface area contributed by atoms with E-state index in [0.29, 0.717) is 15.6 Å². The largest absolute Gasteiger partial charge is 0.508 e. The quantitative estimate of drug-likeness (QED) is 0.574. The highest BCUT2D eigenvalue weighted by Gasteiger charge is 2.08. The molecule has 2 aromatic rings. The summed E-state index contributed by atoms with van der Waals surface area (Å²) in [5.74, 6) is -0.167. The molecule has 0 aliphatic heterocycles. The molecule has 0 fully saturated rings. The normalized spacial score (nSPS) is 10.6. The molecule has 0 spiro atoms. The fraction of sp³-hybridized carbons (Fsp3) is 0.0667. The van der Waals surface area contributed by atoms with Crippen LogP contribution in [0.3, 0.4) is 0 Å². The van der Waals surface area contributed by atoms with Gasteiger partial charge in [0.15, 0.2) is 11.5 Å². The van der Waals surface area contributed by atoms with Crippen molar-refractivity contribution in [1.29, 1.82) is 0 Å². The molecule has 0 saturated heterocycles. The van der Waals surface area contributed by atoms with Crippen LogP contribution in [-0.4, -0.2) is 29.4 Å². The molecule has 114 valence electrons. The van der Waals surface area contributed by atoms with Crippen LogP contribution in [0.2, 0.25) is 0 Å². The number of ether oxygens (including phenoxy) is 1. The van der Waals surface area contributed by atoms with Crippen molar-refractivity contribution in [1.82, 2.24) is 5.43 Å². The number of hydrazone groups is 1. The third kappa shape index (κ3) is 3.76. The zero-order valence-corrected chi connectivity index (χ0v) is 13.2. The van der Waals surface area contributed by atoms with E-state index < -0.39 is 5.91 Å². The summed E-state index contributed by atoms with van der Waals surface area (Å²) in [4.78, 5) is 11.8. The molecular weight excluding hydrogens is 352 g/mol. The average molecular weight is 365 g/mol. The minimum absolute atomic E-state index is 0.00355. The Hall–Kier alpha value is -2.54. The van der Waals surface area contributed by atoms with E-state index in [0.717, 1.165) is 0 Å². The second-order valence-electron chi connectivity index (χ2n) is 4.30. The first-order valence-corrected chi connectivity index (χ1v) is 6.99. The summed E-state index contributed by atoms with van der Waals surface area (Å²) >= 11 is 3.20. The van der Waals surface area contributed by atoms with Crippen LogP contribution in [0.1, 0.15) is 15.9 Å². The Balaban J connectivity index is 2.10. The molecule has 22 heavy (non-hydrogen) atoms. The van der Waals surface area contributed by atoms with Gasteiger partial charge in [-0.2, -0.15) is 5.10 Å². The van der Waals surface area contributed by atoms with Crippen molar-refractivity contribution in [3.05, 3.63) is 52.0 Å². The number of rotatable bonds is 4. The van der Waals surface area contributed by atoms with Crippen molar-refractivity contribution < 1.29 is 19.7 Å². The highest BCUT2D eigenvalue weighted by atomic mass is 79.9. The third-order valence-electron chi connectivity index (χ3n) is 2.76. The summed E-state index contributed by atoms with van der Waals surface area (Å²) in [6.45, 7) is 0. The summed E-state index contributed by atoms with van der Waals surface area (Å²) in [6, 6.07) is 9.14. The van der Waals surface area contributed by atoms with Crippen LogP contribution >= 0.6 is 15.9 Å². The second-order valence-corrected chi connectivity index (χ2v) is 5.16. The monoisotopic (exact) mass is 364 g/mol. The molecule has 0 aromatic heterocycles. The Morgan fingerprint density at radius 1 is 1.32 bits per heavy atom. The number of benzene rings is 2. The smallest absolute Gasteiger partial charge is 0.271 e.